The molecular weight excluding hydrogens is 258 g/mol. The minimum atomic E-state index is 0.447. The Morgan fingerprint density at radius 3 is 2.84 bits per heavy atom. The maximum absolute atomic E-state index is 5.68. The monoisotopic (exact) mass is 283 g/mol. The van der Waals surface area contributed by atoms with Crippen LogP contribution in [-0.2, 0) is 11.3 Å². The van der Waals surface area contributed by atoms with Crippen LogP contribution in [0.5, 0.6) is 0 Å². The summed E-state index contributed by atoms with van der Waals surface area (Å²) in [6, 6.07) is 0.521. The van der Waals surface area contributed by atoms with Gasteiger partial charge in [0, 0.05) is 43.4 Å². The highest BCUT2D eigenvalue weighted by atomic mass is 32.1. The van der Waals surface area contributed by atoms with Crippen LogP contribution in [0, 0.1) is 0 Å². The van der Waals surface area contributed by atoms with E-state index in [9.17, 15) is 0 Å². The highest BCUT2D eigenvalue weighted by molar-refractivity contribution is 7.15. The summed E-state index contributed by atoms with van der Waals surface area (Å²) in [5, 5.41) is 4.60. The quantitative estimate of drug-likeness (QED) is 0.871. The lowest BCUT2D eigenvalue weighted by Gasteiger charge is -2.31. The Morgan fingerprint density at radius 1 is 1.47 bits per heavy atom. The van der Waals surface area contributed by atoms with E-state index in [0.717, 1.165) is 44.2 Å². The van der Waals surface area contributed by atoms with Crippen molar-refractivity contribution in [2.24, 2.45) is 0 Å². The summed E-state index contributed by atoms with van der Waals surface area (Å²) >= 11 is 1.81. The van der Waals surface area contributed by atoms with Gasteiger partial charge in [0.1, 0.15) is 0 Å². The van der Waals surface area contributed by atoms with E-state index >= 15 is 0 Å². The van der Waals surface area contributed by atoms with E-state index in [1.165, 1.54) is 4.88 Å². The van der Waals surface area contributed by atoms with Gasteiger partial charge in [0.2, 0.25) is 0 Å². The van der Waals surface area contributed by atoms with Gasteiger partial charge in [-0.25, -0.2) is 4.98 Å². The van der Waals surface area contributed by atoms with Crippen LogP contribution in [-0.4, -0.2) is 36.8 Å². The number of rotatable bonds is 6. The topological polar surface area (TPSA) is 37.4 Å². The van der Waals surface area contributed by atoms with E-state index in [0.29, 0.717) is 12.1 Å². The van der Waals surface area contributed by atoms with Crippen LogP contribution in [0.25, 0.3) is 0 Å². The van der Waals surface area contributed by atoms with Gasteiger partial charge in [0.05, 0.1) is 6.10 Å². The number of thiazole rings is 1. The van der Waals surface area contributed by atoms with E-state index in [1.54, 1.807) is 0 Å². The third-order valence-corrected chi connectivity index (χ3v) is 4.40. The van der Waals surface area contributed by atoms with Crippen LogP contribution in [0.4, 0.5) is 5.13 Å². The molecule has 2 rings (SSSR count). The summed E-state index contributed by atoms with van der Waals surface area (Å²) in [7, 11) is 0. The molecule has 1 fully saturated rings. The molecule has 0 aliphatic carbocycles. The summed E-state index contributed by atoms with van der Waals surface area (Å²) in [4.78, 5) is 8.26. The number of ether oxygens (including phenoxy) is 1. The second kappa shape index (κ2) is 7.22. The SMILES string of the molecule is CCOC1CCN(c2ncc(CNC(C)C)s2)CC1. The minimum Gasteiger partial charge on any atom is -0.378 e. The molecule has 0 saturated carbocycles. The fourth-order valence-corrected chi connectivity index (χ4v) is 3.19. The maximum Gasteiger partial charge on any atom is 0.185 e. The average molecular weight is 283 g/mol. The van der Waals surface area contributed by atoms with Crippen molar-refractivity contribution >= 4 is 16.5 Å². The number of nitrogens with zero attached hydrogens (tertiary/aromatic N) is 2. The lowest BCUT2D eigenvalue weighted by atomic mass is 10.1. The zero-order valence-electron chi connectivity index (χ0n) is 12.2. The van der Waals surface area contributed by atoms with E-state index < -0.39 is 0 Å². The van der Waals surface area contributed by atoms with Gasteiger partial charge in [-0.15, -0.1) is 11.3 Å². The molecule has 5 heteroatoms. The molecule has 0 spiro atoms. The Labute approximate surface area is 120 Å². The van der Waals surface area contributed by atoms with Crippen molar-refractivity contribution < 1.29 is 4.74 Å². The van der Waals surface area contributed by atoms with E-state index in [1.807, 2.05) is 17.5 Å². The van der Waals surface area contributed by atoms with Gasteiger partial charge in [-0.2, -0.15) is 0 Å². The van der Waals surface area contributed by atoms with Gasteiger partial charge in [0.15, 0.2) is 5.13 Å². The van der Waals surface area contributed by atoms with Gasteiger partial charge in [-0.05, 0) is 19.8 Å². The summed E-state index contributed by atoms with van der Waals surface area (Å²) < 4.78 is 5.68. The average Bonchev–Trinajstić information content (AvgIpc) is 2.86. The molecule has 1 aromatic heterocycles. The second-order valence-corrected chi connectivity index (χ2v) is 6.38. The van der Waals surface area contributed by atoms with Gasteiger partial charge >= 0.3 is 0 Å². The molecule has 1 aliphatic rings. The summed E-state index contributed by atoms with van der Waals surface area (Å²) in [5.74, 6) is 0. The van der Waals surface area contributed by atoms with Gasteiger partial charge in [0.25, 0.3) is 0 Å². The zero-order chi connectivity index (χ0) is 13.7. The molecule has 108 valence electrons. The molecule has 0 amide bonds. The van der Waals surface area contributed by atoms with Crippen molar-refractivity contribution in [1.82, 2.24) is 10.3 Å². The van der Waals surface area contributed by atoms with E-state index in [-0.39, 0.29) is 0 Å². The summed E-state index contributed by atoms with van der Waals surface area (Å²) in [6.07, 6.45) is 4.69. The first kappa shape index (κ1) is 14.8. The zero-order valence-corrected chi connectivity index (χ0v) is 13.0. The standard InChI is InChI=1S/C14H25N3OS/c1-4-18-12-5-7-17(8-6-12)14-16-10-13(19-14)9-15-11(2)3/h10-12,15H,4-9H2,1-3H3. The predicted octanol–water partition coefficient (Wildman–Crippen LogP) is 2.65. The lowest BCUT2D eigenvalue weighted by Crippen LogP contribution is -2.36. The van der Waals surface area contributed by atoms with E-state index in [2.05, 4.69) is 36.0 Å². The fraction of sp³-hybridized carbons (Fsp3) is 0.786. The molecule has 2 heterocycles. The first-order valence-corrected chi connectivity index (χ1v) is 8.05. The number of piperidine rings is 1. The number of anilines is 1. The Hall–Kier alpha value is -0.650. The first-order chi connectivity index (χ1) is 9.19. The molecule has 0 bridgehead atoms. The third kappa shape index (κ3) is 4.44. The molecule has 1 N–H and O–H groups in total. The number of hydrogen-bond donors (Lipinski definition) is 1. The molecule has 4 nitrogen and oxygen atoms in total. The Kier molecular flexibility index (Phi) is 5.60. The van der Waals surface area contributed by atoms with Gasteiger partial charge in [-0.3, -0.25) is 0 Å². The smallest absolute Gasteiger partial charge is 0.185 e. The molecule has 0 radical (unpaired) electrons. The van der Waals surface area contributed by atoms with Crippen molar-refractivity contribution in [1.29, 1.82) is 0 Å². The van der Waals surface area contributed by atoms with Crippen LogP contribution in [0.15, 0.2) is 6.20 Å². The van der Waals surface area contributed by atoms with Gasteiger partial charge < -0.3 is 15.0 Å². The normalized spacial score (nSPS) is 17.4. The molecule has 1 saturated heterocycles. The van der Waals surface area contributed by atoms with E-state index in [4.69, 9.17) is 4.74 Å². The highest BCUT2D eigenvalue weighted by Gasteiger charge is 2.21. The molecule has 1 aliphatic heterocycles. The second-order valence-electron chi connectivity index (χ2n) is 5.29. The van der Waals surface area contributed by atoms with Crippen LogP contribution in [0.2, 0.25) is 0 Å². The largest absolute Gasteiger partial charge is 0.378 e. The maximum atomic E-state index is 5.68. The molecular formula is C14H25N3OS. The fourth-order valence-electron chi connectivity index (χ4n) is 2.28. The van der Waals surface area contributed by atoms with Crippen molar-refractivity contribution in [3.8, 4) is 0 Å². The molecule has 0 unspecified atom stereocenters. The van der Waals surface area contributed by atoms with Gasteiger partial charge in [-0.1, -0.05) is 13.8 Å². The van der Waals surface area contributed by atoms with Crippen molar-refractivity contribution in [3.05, 3.63) is 11.1 Å². The first-order valence-electron chi connectivity index (χ1n) is 7.23. The lowest BCUT2D eigenvalue weighted by molar-refractivity contribution is 0.0459. The van der Waals surface area contributed by atoms with Crippen LogP contribution >= 0.6 is 11.3 Å². The Morgan fingerprint density at radius 2 is 2.21 bits per heavy atom. The van der Waals surface area contributed by atoms with Crippen LogP contribution in [0.1, 0.15) is 38.5 Å². The van der Waals surface area contributed by atoms with Crippen LogP contribution in [0.3, 0.4) is 0 Å². The molecule has 19 heavy (non-hydrogen) atoms. The number of hydrogen-bond acceptors (Lipinski definition) is 5. The third-order valence-electron chi connectivity index (χ3n) is 3.34. The summed E-state index contributed by atoms with van der Waals surface area (Å²) in [6.45, 7) is 10.3. The Balaban J connectivity index is 1.82. The summed E-state index contributed by atoms with van der Waals surface area (Å²) in [5.41, 5.74) is 0. The predicted molar refractivity (Wildman–Crippen MR) is 81.0 cm³/mol. The minimum absolute atomic E-state index is 0.447. The van der Waals surface area contributed by atoms with Crippen molar-refractivity contribution in [3.63, 3.8) is 0 Å². The van der Waals surface area contributed by atoms with Crippen molar-refractivity contribution in [2.45, 2.75) is 52.3 Å². The van der Waals surface area contributed by atoms with Crippen LogP contribution < -0.4 is 10.2 Å². The Bertz CT molecular complexity index is 373. The highest BCUT2D eigenvalue weighted by Crippen LogP contribution is 2.26. The molecule has 0 aromatic carbocycles. The number of nitrogens with one attached hydrogen (secondary N) is 1. The van der Waals surface area contributed by atoms with Crippen molar-refractivity contribution in [2.75, 3.05) is 24.6 Å². The molecule has 0 atom stereocenters. The molecule has 1 aromatic rings. The number of aromatic nitrogens is 1.